The molecule has 0 rings (SSSR count). The third kappa shape index (κ3) is 2.68. The van der Waals surface area contributed by atoms with Crippen molar-refractivity contribution in [3.63, 3.8) is 0 Å². The average Bonchev–Trinajstić information content (AvgIpc) is 2.00. The first-order chi connectivity index (χ1) is 5.37. The van der Waals surface area contributed by atoms with Gasteiger partial charge in [-0.15, -0.1) is 0 Å². The minimum atomic E-state index is -0.906. The fraction of sp³-hybridized carbons (Fsp3) is 0.750. The van der Waals surface area contributed by atoms with E-state index in [9.17, 15) is 9.59 Å². The molecule has 1 N–H and O–H groups in total. The summed E-state index contributed by atoms with van der Waals surface area (Å²) in [5, 5.41) is 8.63. The zero-order valence-electron chi connectivity index (χ0n) is 8.00. The van der Waals surface area contributed by atoms with Crippen molar-refractivity contribution in [2.24, 2.45) is 11.8 Å². The fourth-order valence-corrected chi connectivity index (χ4v) is 0.986. The molecule has 0 saturated heterocycles. The highest BCUT2D eigenvalue weighted by Gasteiger charge is 2.26. The van der Waals surface area contributed by atoms with Crippen LogP contribution in [0.2, 0.25) is 5.82 Å². The van der Waals surface area contributed by atoms with Crippen LogP contribution in [0.3, 0.4) is 0 Å². The van der Waals surface area contributed by atoms with Crippen molar-refractivity contribution in [2.45, 2.75) is 26.6 Å². The third-order valence-electron chi connectivity index (χ3n) is 2.16. The van der Waals surface area contributed by atoms with E-state index in [0.29, 0.717) is 0 Å². The van der Waals surface area contributed by atoms with Gasteiger partial charge in [-0.2, -0.15) is 0 Å². The Hall–Kier alpha value is -0.795. The molecule has 0 aliphatic heterocycles. The lowest BCUT2D eigenvalue weighted by molar-refractivity contribution is -0.140. The smallest absolute Gasteiger partial charge is 0.299 e. The van der Waals surface area contributed by atoms with Crippen molar-refractivity contribution >= 4 is 19.6 Å². The van der Waals surface area contributed by atoms with E-state index in [0.717, 1.165) is 0 Å². The van der Waals surface area contributed by atoms with E-state index in [1.54, 1.807) is 28.6 Å². The van der Waals surface area contributed by atoms with Gasteiger partial charge in [0.25, 0.3) is 5.97 Å². The molecule has 0 fully saturated rings. The second kappa shape index (κ2) is 4.29. The second-order valence-electron chi connectivity index (χ2n) is 3.47. The van der Waals surface area contributed by atoms with Gasteiger partial charge < -0.3 is 5.11 Å². The van der Waals surface area contributed by atoms with Gasteiger partial charge in [-0.25, -0.2) is 0 Å². The predicted octanol–water partition coefficient (Wildman–Crippen LogP) is 0.354. The van der Waals surface area contributed by atoms with Crippen LogP contribution in [0.4, 0.5) is 0 Å². The van der Waals surface area contributed by atoms with Gasteiger partial charge in [0.05, 0.1) is 0 Å². The maximum absolute atomic E-state index is 11.3. The van der Waals surface area contributed by atoms with Gasteiger partial charge in [-0.3, -0.25) is 9.59 Å². The van der Waals surface area contributed by atoms with Crippen LogP contribution in [-0.2, 0) is 9.59 Å². The number of rotatable bonds is 4. The molecule has 0 aromatic heterocycles. The molecule has 0 aliphatic carbocycles. The Morgan fingerprint density at radius 3 is 1.92 bits per heavy atom. The summed E-state index contributed by atoms with van der Waals surface area (Å²) in [5.41, 5.74) is 0. The molecule has 2 unspecified atom stereocenters. The molecule has 0 aromatic rings. The highest BCUT2D eigenvalue weighted by molar-refractivity contribution is 6.24. The summed E-state index contributed by atoms with van der Waals surface area (Å²) < 4.78 is 0. The zero-order valence-corrected chi connectivity index (χ0v) is 8.00. The molecule has 2 atom stereocenters. The molecule has 4 heteroatoms. The highest BCUT2D eigenvalue weighted by atomic mass is 16.4. The Balaban J connectivity index is 4.29. The van der Waals surface area contributed by atoms with Crippen LogP contribution >= 0.6 is 0 Å². The van der Waals surface area contributed by atoms with Crippen molar-refractivity contribution < 1.29 is 14.7 Å². The van der Waals surface area contributed by atoms with Crippen LogP contribution in [0.1, 0.15) is 20.8 Å². The molecule has 0 radical (unpaired) electrons. The monoisotopic (exact) mass is 170 g/mol. The molecule has 68 valence electrons. The number of carbonyl (C=O) groups excluding carboxylic acids is 1. The zero-order chi connectivity index (χ0) is 9.89. The summed E-state index contributed by atoms with van der Waals surface area (Å²) in [6.45, 7) is 5.24. The topological polar surface area (TPSA) is 54.4 Å². The van der Waals surface area contributed by atoms with Crippen LogP contribution in [0.15, 0.2) is 0 Å². The Kier molecular flexibility index (Phi) is 4.00. The van der Waals surface area contributed by atoms with Gasteiger partial charge in [-0.1, -0.05) is 20.8 Å². The summed E-state index contributed by atoms with van der Waals surface area (Å²) in [5.74, 6) is -1.94. The molecular formula is C8H15BO3. The summed E-state index contributed by atoms with van der Waals surface area (Å²) in [4.78, 5) is 21.8. The van der Waals surface area contributed by atoms with E-state index in [1.165, 1.54) is 0 Å². The lowest BCUT2D eigenvalue weighted by Gasteiger charge is -2.16. The minimum absolute atomic E-state index is 0.0184. The summed E-state index contributed by atoms with van der Waals surface area (Å²) in [7, 11) is 1.56. The van der Waals surface area contributed by atoms with Gasteiger partial charge in [0.1, 0.15) is 13.6 Å². The number of carboxylic acids is 1. The second-order valence-corrected chi connectivity index (χ2v) is 3.47. The van der Waals surface area contributed by atoms with Gasteiger partial charge in [-0.05, 0) is 0 Å². The van der Waals surface area contributed by atoms with Crippen LogP contribution < -0.4 is 0 Å². The van der Waals surface area contributed by atoms with Crippen molar-refractivity contribution in [3.8, 4) is 0 Å². The lowest BCUT2D eigenvalue weighted by Crippen LogP contribution is -2.26. The number of hydrogen-bond acceptors (Lipinski definition) is 2. The van der Waals surface area contributed by atoms with Gasteiger partial charge >= 0.3 is 0 Å². The first-order valence-electron chi connectivity index (χ1n) is 4.14. The van der Waals surface area contributed by atoms with E-state index in [2.05, 4.69) is 0 Å². The van der Waals surface area contributed by atoms with E-state index in [-0.39, 0.29) is 17.6 Å². The number of carboxylic acid groups (broad SMARTS) is 1. The van der Waals surface area contributed by atoms with E-state index < -0.39 is 11.8 Å². The Bertz CT molecular complexity index is 189. The first kappa shape index (κ1) is 11.2. The molecule has 0 aliphatic rings. The molecule has 3 nitrogen and oxygen atoms in total. The predicted molar refractivity (Wildman–Crippen MR) is 48.9 cm³/mol. The molecule has 0 spiro atoms. The molecule has 0 heterocycles. The molecular weight excluding hydrogens is 155 g/mol. The van der Waals surface area contributed by atoms with Gasteiger partial charge in [0.2, 0.25) is 0 Å². The normalized spacial score (nSPS) is 15.7. The number of hydrogen-bond donors (Lipinski definition) is 1. The maximum atomic E-state index is 11.3. The fourth-order valence-electron chi connectivity index (χ4n) is 0.986. The van der Waals surface area contributed by atoms with Gasteiger partial charge in [0.15, 0.2) is 0 Å². The first-order valence-corrected chi connectivity index (χ1v) is 4.14. The van der Waals surface area contributed by atoms with Crippen LogP contribution in [0.5, 0.6) is 0 Å². The lowest BCUT2D eigenvalue weighted by atomic mass is 9.73. The molecule has 12 heavy (non-hydrogen) atoms. The summed E-state index contributed by atoms with van der Waals surface area (Å²) in [6, 6.07) is 0. The quantitative estimate of drug-likeness (QED) is 0.619. The van der Waals surface area contributed by atoms with Crippen molar-refractivity contribution in [1.29, 1.82) is 0 Å². The van der Waals surface area contributed by atoms with Crippen LogP contribution in [0.25, 0.3) is 0 Å². The largest absolute Gasteiger partial charge is 0.482 e. The number of carbonyl (C=O) groups is 2. The Morgan fingerprint density at radius 2 is 1.67 bits per heavy atom. The third-order valence-corrected chi connectivity index (χ3v) is 2.16. The summed E-state index contributed by atoms with van der Waals surface area (Å²) in [6.07, 6.45) is 0. The van der Waals surface area contributed by atoms with Crippen molar-refractivity contribution in [2.75, 3.05) is 0 Å². The van der Waals surface area contributed by atoms with E-state index >= 15 is 0 Å². The molecule has 0 bridgehead atoms. The standard InChI is InChI=1S/C8H15BO3/c1-4(2)7(10)5(3)6(9)8(11)12/h4-6H,9H2,1-3H3,(H,11,12). The number of ketones is 1. The molecule has 0 saturated carbocycles. The maximum Gasteiger partial charge on any atom is 0.299 e. The van der Waals surface area contributed by atoms with Crippen molar-refractivity contribution in [1.82, 2.24) is 0 Å². The molecule has 0 aromatic carbocycles. The molecule has 0 amide bonds. The highest BCUT2D eigenvalue weighted by Crippen LogP contribution is 2.18. The number of Topliss-reactive ketones (excluding diaryl/α,β-unsaturated/α-hetero) is 1. The average molecular weight is 170 g/mol. The van der Waals surface area contributed by atoms with Gasteiger partial charge in [0, 0.05) is 17.7 Å². The van der Waals surface area contributed by atoms with Crippen LogP contribution in [0, 0.1) is 11.8 Å². The van der Waals surface area contributed by atoms with E-state index in [4.69, 9.17) is 5.11 Å². The summed E-state index contributed by atoms with van der Waals surface area (Å²) >= 11 is 0. The van der Waals surface area contributed by atoms with E-state index in [1.807, 2.05) is 0 Å². The Morgan fingerprint density at radius 1 is 1.25 bits per heavy atom. The SMILES string of the molecule is BC(C(=O)O)C(C)C(=O)C(C)C. The van der Waals surface area contributed by atoms with Crippen LogP contribution in [-0.4, -0.2) is 24.7 Å². The van der Waals surface area contributed by atoms with Crippen molar-refractivity contribution in [3.05, 3.63) is 0 Å². The number of aliphatic carboxylic acids is 1. The Labute approximate surface area is 73.6 Å². The minimum Gasteiger partial charge on any atom is -0.482 e.